The molecule has 7 heteroatoms. The molecule has 4 rings (SSSR count). The van der Waals surface area contributed by atoms with Crippen molar-refractivity contribution in [3.63, 3.8) is 0 Å². The Morgan fingerprint density at radius 3 is 2.71 bits per heavy atom. The lowest BCUT2D eigenvalue weighted by Gasteiger charge is -2.39. The van der Waals surface area contributed by atoms with Crippen molar-refractivity contribution in [1.29, 1.82) is 0 Å². The summed E-state index contributed by atoms with van der Waals surface area (Å²) in [6, 6.07) is 3.57. The zero-order chi connectivity index (χ0) is 16.7. The summed E-state index contributed by atoms with van der Waals surface area (Å²) in [5, 5.41) is 4.18. The molecule has 0 saturated carbocycles. The minimum atomic E-state index is 0.0189. The molecule has 0 N–H and O–H groups in total. The topological polar surface area (TPSA) is 71.3 Å². The number of nitrogens with zero attached hydrogens (tertiary/aromatic N) is 5. The van der Waals surface area contributed by atoms with Crippen molar-refractivity contribution >= 4 is 17.5 Å². The third-order valence-electron chi connectivity index (χ3n) is 4.92. The van der Waals surface area contributed by atoms with Crippen molar-refractivity contribution < 1.29 is 9.59 Å². The van der Waals surface area contributed by atoms with Gasteiger partial charge in [-0.2, -0.15) is 5.10 Å². The predicted octanol–water partition coefficient (Wildman–Crippen LogP) is 1.23. The summed E-state index contributed by atoms with van der Waals surface area (Å²) >= 11 is 0. The van der Waals surface area contributed by atoms with Crippen LogP contribution in [0.1, 0.15) is 29.6 Å². The van der Waals surface area contributed by atoms with Crippen LogP contribution in [0.5, 0.6) is 0 Å². The van der Waals surface area contributed by atoms with Gasteiger partial charge in [0.1, 0.15) is 0 Å². The van der Waals surface area contributed by atoms with Crippen molar-refractivity contribution in [3.05, 3.63) is 42.5 Å². The first kappa shape index (κ1) is 14.9. The van der Waals surface area contributed by atoms with E-state index in [0.717, 1.165) is 18.5 Å². The fourth-order valence-corrected chi connectivity index (χ4v) is 3.84. The number of pyridine rings is 1. The summed E-state index contributed by atoms with van der Waals surface area (Å²) < 4.78 is 1.70. The average molecular weight is 325 g/mol. The van der Waals surface area contributed by atoms with Crippen LogP contribution in [0.15, 0.2) is 36.9 Å². The van der Waals surface area contributed by atoms with Gasteiger partial charge in [-0.3, -0.25) is 19.3 Å². The molecule has 0 radical (unpaired) electrons. The van der Waals surface area contributed by atoms with Crippen LogP contribution in [0, 0.1) is 0 Å². The van der Waals surface area contributed by atoms with Crippen molar-refractivity contribution in [3.8, 4) is 0 Å². The Labute approximate surface area is 139 Å². The van der Waals surface area contributed by atoms with Crippen LogP contribution in [-0.4, -0.2) is 50.1 Å². The van der Waals surface area contributed by atoms with Crippen LogP contribution in [0.3, 0.4) is 0 Å². The largest absolute Gasteiger partial charge is 0.333 e. The normalized spacial score (nSPS) is 23.5. The minimum absolute atomic E-state index is 0.0189. The van der Waals surface area contributed by atoms with Crippen molar-refractivity contribution in [2.45, 2.75) is 31.3 Å². The van der Waals surface area contributed by atoms with E-state index in [9.17, 15) is 9.59 Å². The highest BCUT2D eigenvalue weighted by molar-refractivity contribution is 5.97. The van der Waals surface area contributed by atoms with E-state index in [1.54, 1.807) is 35.4 Å². The van der Waals surface area contributed by atoms with E-state index in [0.29, 0.717) is 18.5 Å². The summed E-state index contributed by atoms with van der Waals surface area (Å²) in [5.74, 6) is 0.132. The maximum Gasteiger partial charge on any atom is 0.254 e. The molecule has 0 bridgehead atoms. The van der Waals surface area contributed by atoms with Gasteiger partial charge in [0.25, 0.3) is 5.91 Å². The van der Waals surface area contributed by atoms with Gasteiger partial charge in [0.2, 0.25) is 5.91 Å². The second-order valence-corrected chi connectivity index (χ2v) is 6.33. The number of carbonyl (C=O) groups excluding carboxylic acids is 2. The Morgan fingerprint density at radius 2 is 2.00 bits per heavy atom. The van der Waals surface area contributed by atoms with Gasteiger partial charge >= 0.3 is 0 Å². The van der Waals surface area contributed by atoms with Gasteiger partial charge in [-0.05, 0) is 25.0 Å². The molecule has 2 amide bonds. The number of hydrogen-bond acceptors (Lipinski definition) is 4. The Kier molecular flexibility index (Phi) is 3.55. The molecule has 4 heterocycles. The minimum Gasteiger partial charge on any atom is -0.333 e. The van der Waals surface area contributed by atoms with Gasteiger partial charge in [-0.1, -0.05) is 0 Å². The number of hydrogen-bond donors (Lipinski definition) is 0. The number of rotatable bonds is 2. The molecule has 0 spiro atoms. The highest BCUT2D eigenvalue weighted by Gasteiger charge is 2.45. The molecule has 2 saturated heterocycles. The van der Waals surface area contributed by atoms with Crippen LogP contribution >= 0.6 is 0 Å². The molecule has 124 valence electrons. The molecule has 7 nitrogen and oxygen atoms in total. The number of aromatic nitrogens is 3. The first-order valence-electron chi connectivity index (χ1n) is 8.17. The lowest BCUT2D eigenvalue weighted by molar-refractivity contribution is -0.120. The van der Waals surface area contributed by atoms with Gasteiger partial charge in [0.05, 0.1) is 24.0 Å². The summed E-state index contributed by atoms with van der Waals surface area (Å²) in [6.45, 7) is 0.667. The Hall–Kier alpha value is -2.70. The first-order valence-corrected chi connectivity index (χ1v) is 8.17. The summed E-state index contributed by atoms with van der Waals surface area (Å²) in [7, 11) is 1.84. The molecule has 2 atom stereocenters. The maximum atomic E-state index is 12.8. The maximum absolute atomic E-state index is 12.8. The average Bonchev–Trinajstić information content (AvgIpc) is 3.21. The van der Waals surface area contributed by atoms with Crippen molar-refractivity contribution in [1.82, 2.24) is 19.7 Å². The zero-order valence-electron chi connectivity index (χ0n) is 13.5. The molecule has 0 aliphatic carbocycles. The highest BCUT2D eigenvalue weighted by atomic mass is 16.2. The number of carbonyl (C=O) groups is 2. The van der Waals surface area contributed by atoms with E-state index in [1.165, 1.54) is 0 Å². The van der Waals surface area contributed by atoms with E-state index in [4.69, 9.17) is 0 Å². The highest BCUT2D eigenvalue weighted by Crippen LogP contribution is 2.35. The van der Waals surface area contributed by atoms with Gasteiger partial charge < -0.3 is 9.80 Å². The van der Waals surface area contributed by atoms with E-state index >= 15 is 0 Å². The molecule has 0 unspecified atom stereocenters. The fraction of sp³-hybridized carbons (Fsp3) is 0.412. The standard InChI is InChI=1S/C17H19N5O2/c1-20-11-13(10-19-20)22-15-6-9-21(14(15)2-3-16(22)23)17(24)12-4-7-18-8-5-12/h4-5,7-8,10-11,14-15H,2-3,6,9H2,1H3/t14-,15-/m1/s1. The molecular weight excluding hydrogens is 306 g/mol. The van der Waals surface area contributed by atoms with Gasteiger partial charge in [-0.25, -0.2) is 0 Å². The van der Waals surface area contributed by atoms with Crippen LogP contribution in [0.25, 0.3) is 0 Å². The summed E-state index contributed by atoms with van der Waals surface area (Å²) in [4.78, 5) is 33.0. The number of likely N-dealkylation sites (tertiary alicyclic amines) is 1. The molecule has 2 fully saturated rings. The predicted molar refractivity (Wildman–Crippen MR) is 87.4 cm³/mol. The molecule has 2 aromatic heterocycles. The molecule has 0 aromatic carbocycles. The summed E-state index contributed by atoms with van der Waals surface area (Å²) in [5.41, 5.74) is 1.46. The Bertz CT molecular complexity index is 772. The van der Waals surface area contributed by atoms with E-state index < -0.39 is 0 Å². The second-order valence-electron chi connectivity index (χ2n) is 6.33. The zero-order valence-corrected chi connectivity index (χ0v) is 13.5. The smallest absolute Gasteiger partial charge is 0.254 e. The van der Waals surface area contributed by atoms with Crippen LogP contribution in [0.2, 0.25) is 0 Å². The first-order chi connectivity index (χ1) is 11.6. The van der Waals surface area contributed by atoms with E-state index in [1.807, 2.05) is 23.0 Å². The number of amides is 2. The van der Waals surface area contributed by atoms with E-state index in [-0.39, 0.29) is 23.9 Å². The lowest BCUT2D eigenvalue weighted by atomic mass is 9.95. The van der Waals surface area contributed by atoms with Gasteiger partial charge in [0.15, 0.2) is 0 Å². The number of piperidine rings is 1. The number of anilines is 1. The molecular formula is C17H19N5O2. The van der Waals surface area contributed by atoms with Crippen LogP contribution < -0.4 is 4.90 Å². The fourth-order valence-electron chi connectivity index (χ4n) is 3.84. The molecule has 2 aromatic rings. The third-order valence-corrected chi connectivity index (χ3v) is 4.92. The van der Waals surface area contributed by atoms with Gasteiger partial charge in [0, 0.05) is 44.2 Å². The number of aryl methyl sites for hydroxylation is 1. The Balaban J connectivity index is 1.61. The van der Waals surface area contributed by atoms with Crippen molar-refractivity contribution in [2.75, 3.05) is 11.4 Å². The summed E-state index contributed by atoms with van der Waals surface area (Å²) in [6.07, 6.45) is 8.80. The van der Waals surface area contributed by atoms with Crippen LogP contribution in [-0.2, 0) is 11.8 Å². The number of fused-ring (bicyclic) bond motifs is 1. The van der Waals surface area contributed by atoms with Gasteiger partial charge in [-0.15, -0.1) is 0 Å². The molecule has 2 aliphatic rings. The SMILES string of the molecule is Cn1cc(N2C(=O)CC[C@@H]3[C@H]2CCN3C(=O)c2ccncc2)cn1. The lowest BCUT2D eigenvalue weighted by Crippen LogP contribution is -2.53. The third kappa shape index (κ3) is 2.36. The molecule has 2 aliphatic heterocycles. The quantitative estimate of drug-likeness (QED) is 0.832. The van der Waals surface area contributed by atoms with Crippen LogP contribution in [0.4, 0.5) is 5.69 Å². The van der Waals surface area contributed by atoms with E-state index in [2.05, 4.69) is 10.1 Å². The monoisotopic (exact) mass is 325 g/mol. The second kappa shape index (κ2) is 5.74. The Morgan fingerprint density at radius 1 is 1.21 bits per heavy atom. The van der Waals surface area contributed by atoms with Crippen molar-refractivity contribution in [2.24, 2.45) is 7.05 Å². The molecule has 24 heavy (non-hydrogen) atoms.